The van der Waals surface area contributed by atoms with Crippen molar-refractivity contribution in [2.75, 3.05) is 24.6 Å². The third-order valence-corrected chi connectivity index (χ3v) is 4.94. The van der Waals surface area contributed by atoms with Gasteiger partial charge in [-0.1, -0.05) is 6.07 Å². The van der Waals surface area contributed by atoms with Gasteiger partial charge in [-0.2, -0.15) is 0 Å². The lowest BCUT2D eigenvalue weighted by Crippen LogP contribution is -2.47. The predicted octanol–water partition coefficient (Wildman–Crippen LogP) is 3.19. The van der Waals surface area contributed by atoms with Crippen molar-refractivity contribution in [3.63, 3.8) is 0 Å². The highest BCUT2D eigenvalue weighted by Crippen LogP contribution is 2.36. The molecule has 1 aliphatic rings. The van der Waals surface area contributed by atoms with Gasteiger partial charge in [-0.3, -0.25) is 0 Å². The molecule has 1 aromatic carbocycles. The number of aliphatic hydroxyl groups excluding tert-OH is 1. The molecule has 0 amide bonds. The SMILES string of the molecule is Cc1ncc(C)c(N2CCCC(CO)(Cc3ccc(F)cc3F)C2)n1. The average molecular weight is 347 g/mol. The highest BCUT2D eigenvalue weighted by atomic mass is 19.1. The smallest absolute Gasteiger partial charge is 0.135 e. The normalized spacial score (nSPS) is 20.8. The van der Waals surface area contributed by atoms with Gasteiger partial charge in [0.05, 0.1) is 6.61 Å². The molecule has 6 heteroatoms. The molecule has 2 heterocycles. The number of anilines is 1. The van der Waals surface area contributed by atoms with Crippen molar-refractivity contribution in [2.24, 2.45) is 5.41 Å². The van der Waals surface area contributed by atoms with E-state index in [1.54, 1.807) is 6.20 Å². The minimum Gasteiger partial charge on any atom is -0.396 e. The van der Waals surface area contributed by atoms with Crippen molar-refractivity contribution < 1.29 is 13.9 Å². The van der Waals surface area contributed by atoms with Gasteiger partial charge in [-0.05, 0) is 44.7 Å². The molecule has 0 aliphatic carbocycles. The molecule has 25 heavy (non-hydrogen) atoms. The van der Waals surface area contributed by atoms with Crippen molar-refractivity contribution in [1.29, 1.82) is 0 Å². The zero-order valence-electron chi connectivity index (χ0n) is 14.6. The highest BCUT2D eigenvalue weighted by molar-refractivity contribution is 5.46. The number of benzene rings is 1. The van der Waals surface area contributed by atoms with Crippen LogP contribution in [-0.4, -0.2) is 34.8 Å². The van der Waals surface area contributed by atoms with Gasteiger partial charge in [0.15, 0.2) is 0 Å². The van der Waals surface area contributed by atoms with Crippen LogP contribution in [0, 0.1) is 30.9 Å². The molecule has 1 aromatic heterocycles. The van der Waals surface area contributed by atoms with Gasteiger partial charge < -0.3 is 10.0 Å². The van der Waals surface area contributed by atoms with E-state index in [2.05, 4.69) is 14.9 Å². The fraction of sp³-hybridized carbons (Fsp3) is 0.474. The van der Waals surface area contributed by atoms with Gasteiger partial charge in [0, 0.05) is 36.3 Å². The second kappa shape index (κ2) is 7.04. The Hall–Kier alpha value is -2.08. The lowest BCUT2D eigenvalue weighted by molar-refractivity contribution is 0.104. The van der Waals surface area contributed by atoms with E-state index in [4.69, 9.17) is 0 Å². The van der Waals surface area contributed by atoms with E-state index in [1.165, 1.54) is 12.1 Å². The second-order valence-corrected chi connectivity index (χ2v) is 7.02. The zero-order valence-corrected chi connectivity index (χ0v) is 14.6. The molecule has 1 atom stereocenters. The van der Waals surface area contributed by atoms with Crippen LogP contribution in [0.1, 0.15) is 29.8 Å². The lowest BCUT2D eigenvalue weighted by Gasteiger charge is -2.43. The van der Waals surface area contributed by atoms with Crippen molar-refractivity contribution in [2.45, 2.75) is 33.1 Å². The Morgan fingerprint density at radius 2 is 2.08 bits per heavy atom. The van der Waals surface area contributed by atoms with E-state index in [9.17, 15) is 13.9 Å². The Labute approximate surface area is 146 Å². The molecule has 0 radical (unpaired) electrons. The summed E-state index contributed by atoms with van der Waals surface area (Å²) in [7, 11) is 0. The third-order valence-electron chi connectivity index (χ3n) is 4.94. The first kappa shape index (κ1) is 17.7. The molecule has 0 spiro atoms. The maximum Gasteiger partial charge on any atom is 0.135 e. The first-order valence-corrected chi connectivity index (χ1v) is 8.52. The zero-order chi connectivity index (χ0) is 18.0. The second-order valence-electron chi connectivity index (χ2n) is 7.02. The molecule has 0 saturated carbocycles. The Morgan fingerprint density at radius 1 is 1.28 bits per heavy atom. The van der Waals surface area contributed by atoms with Crippen molar-refractivity contribution in [3.8, 4) is 0 Å². The minimum absolute atomic E-state index is 0.0522. The summed E-state index contributed by atoms with van der Waals surface area (Å²) < 4.78 is 27.3. The monoisotopic (exact) mass is 347 g/mol. The maximum absolute atomic E-state index is 14.1. The molecule has 1 fully saturated rings. The number of nitrogens with zero attached hydrogens (tertiary/aromatic N) is 3. The summed E-state index contributed by atoms with van der Waals surface area (Å²) in [5, 5.41) is 10.1. The number of halogens is 2. The molecule has 1 aliphatic heterocycles. The quantitative estimate of drug-likeness (QED) is 0.923. The standard InChI is InChI=1S/C19H23F2N3O/c1-13-10-22-14(2)23-18(13)24-7-3-6-19(11-24,12-25)9-15-4-5-16(20)8-17(15)21/h4-5,8,10,25H,3,6-7,9,11-12H2,1-2H3. The molecule has 1 N–H and O–H groups in total. The highest BCUT2D eigenvalue weighted by Gasteiger charge is 2.36. The van der Waals surface area contributed by atoms with E-state index in [0.29, 0.717) is 24.4 Å². The number of piperidine rings is 1. The summed E-state index contributed by atoms with van der Waals surface area (Å²) in [5.41, 5.74) is 0.947. The number of aryl methyl sites for hydroxylation is 2. The summed E-state index contributed by atoms with van der Waals surface area (Å²) in [5.74, 6) is 0.422. The fourth-order valence-electron chi connectivity index (χ4n) is 3.63. The predicted molar refractivity (Wildman–Crippen MR) is 92.5 cm³/mol. The van der Waals surface area contributed by atoms with E-state index in [0.717, 1.165) is 36.8 Å². The van der Waals surface area contributed by atoms with Crippen LogP contribution >= 0.6 is 0 Å². The van der Waals surface area contributed by atoms with Gasteiger partial charge in [-0.25, -0.2) is 18.7 Å². The molecule has 4 nitrogen and oxygen atoms in total. The Kier molecular flexibility index (Phi) is 4.99. The molecule has 3 rings (SSSR count). The minimum atomic E-state index is -0.586. The van der Waals surface area contributed by atoms with E-state index in [1.807, 2.05) is 13.8 Å². The van der Waals surface area contributed by atoms with E-state index in [-0.39, 0.29) is 6.61 Å². The largest absolute Gasteiger partial charge is 0.396 e. The van der Waals surface area contributed by atoms with E-state index < -0.39 is 17.0 Å². The number of hydrogen-bond acceptors (Lipinski definition) is 4. The van der Waals surface area contributed by atoms with Crippen LogP contribution in [0.4, 0.5) is 14.6 Å². The Balaban J connectivity index is 1.87. The summed E-state index contributed by atoms with van der Waals surface area (Å²) in [6.07, 6.45) is 3.84. The Bertz CT molecular complexity index is 768. The van der Waals surface area contributed by atoms with Gasteiger partial charge in [-0.15, -0.1) is 0 Å². The summed E-state index contributed by atoms with van der Waals surface area (Å²) in [4.78, 5) is 10.9. The topological polar surface area (TPSA) is 49.2 Å². The first-order valence-electron chi connectivity index (χ1n) is 8.52. The van der Waals surface area contributed by atoms with Crippen LogP contribution in [0.25, 0.3) is 0 Å². The average Bonchev–Trinajstić information content (AvgIpc) is 2.60. The van der Waals surface area contributed by atoms with Gasteiger partial charge in [0.1, 0.15) is 23.3 Å². The van der Waals surface area contributed by atoms with Crippen LogP contribution in [0.15, 0.2) is 24.4 Å². The Morgan fingerprint density at radius 3 is 2.80 bits per heavy atom. The fourth-order valence-corrected chi connectivity index (χ4v) is 3.63. The molecule has 134 valence electrons. The first-order chi connectivity index (χ1) is 11.9. The molecule has 1 saturated heterocycles. The van der Waals surface area contributed by atoms with Crippen LogP contribution < -0.4 is 4.90 Å². The molecular formula is C19H23F2N3O. The molecular weight excluding hydrogens is 324 g/mol. The van der Waals surface area contributed by atoms with Crippen molar-refractivity contribution in [1.82, 2.24) is 9.97 Å². The van der Waals surface area contributed by atoms with Gasteiger partial charge in [0.2, 0.25) is 0 Å². The number of aromatic nitrogens is 2. The van der Waals surface area contributed by atoms with Crippen LogP contribution in [0.3, 0.4) is 0 Å². The number of hydrogen-bond donors (Lipinski definition) is 1. The maximum atomic E-state index is 14.1. The lowest BCUT2D eigenvalue weighted by atomic mass is 9.75. The molecule has 1 unspecified atom stereocenters. The molecule has 2 aromatic rings. The number of rotatable bonds is 4. The van der Waals surface area contributed by atoms with Crippen molar-refractivity contribution >= 4 is 5.82 Å². The van der Waals surface area contributed by atoms with Gasteiger partial charge in [0.25, 0.3) is 0 Å². The summed E-state index contributed by atoms with van der Waals surface area (Å²) >= 11 is 0. The summed E-state index contributed by atoms with van der Waals surface area (Å²) in [6, 6.07) is 3.64. The van der Waals surface area contributed by atoms with Gasteiger partial charge >= 0.3 is 0 Å². The van der Waals surface area contributed by atoms with Crippen LogP contribution in [0.2, 0.25) is 0 Å². The third kappa shape index (κ3) is 3.79. The van der Waals surface area contributed by atoms with Crippen LogP contribution in [-0.2, 0) is 6.42 Å². The van der Waals surface area contributed by atoms with E-state index >= 15 is 0 Å². The van der Waals surface area contributed by atoms with Crippen molar-refractivity contribution in [3.05, 3.63) is 53.0 Å². The molecule has 0 bridgehead atoms. The summed E-state index contributed by atoms with van der Waals surface area (Å²) in [6.45, 7) is 5.18. The number of aliphatic hydroxyl groups is 1. The van der Waals surface area contributed by atoms with Crippen LogP contribution in [0.5, 0.6) is 0 Å².